The SMILES string of the molecule is Cc1nn(C)c2ncc(NC(=O)c3ccc(SC(F)F)cc3)cc12. The van der Waals surface area contributed by atoms with Gasteiger partial charge in [0.15, 0.2) is 5.65 Å². The zero-order valence-electron chi connectivity index (χ0n) is 13.0. The number of pyridine rings is 1. The molecule has 0 aliphatic heterocycles. The second kappa shape index (κ2) is 6.56. The molecule has 5 nitrogen and oxygen atoms in total. The van der Waals surface area contributed by atoms with Crippen molar-refractivity contribution < 1.29 is 13.6 Å². The molecule has 0 radical (unpaired) electrons. The fourth-order valence-electron chi connectivity index (χ4n) is 2.37. The van der Waals surface area contributed by atoms with Gasteiger partial charge in [0.1, 0.15) is 0 Å². The predicted molar refractivity (Wildman–Crippen MR) is 89.5 cm³/mol. The zero-order valence-corrected chi connectivity index (χ0v) is 13.8. The minimum atomic E-state index is -2.48. The average molecular weight is 348 g/mol. The van der Waals surface area contributed by atoms with E-state index in [1.165, 1.54) is 24.3 Å². The van der Waals surface area contributed by atoms with E-state index in [2.05, 4.69) is 15.4 Å². The minimum Gasteiger partial charge on any atom is -0.321 e. The van der Waals surface area contributed by atoms with Crippen molar-refractivity contribution in [2.24, 2.45) is 7.05 Å². The Balaban J connectivity index is 1.78. The van der Waals surface area contributed by atoms with Crippen LogP contribution in [0.5, 0.6) is 0 Å². The number of halogens is 2. The third-order valence-electron chi connectivity index (χ3n) is 3.46. The van der Waals surface area contributed by atoms with Crippen LogP contribution in [-0.4, -0.2) is 26.4 Å². The van der Waals surface area contributed by atoms with E-state index in [1.54, 1.807) is 17.9 Å². The average Bonchev–Trinajstić information content (AvgIpc) is 2.82. The Morgan fingerprint density at radius 3 is 2.67 bits per heavy atom. The monoisotopic (exact) mass is 348 g/mol. The fraction of sp³-hybridized carbons (Fsp3) is 0.188. The molecule has 0 spiro atoms. The molecule has 1 N–H and O–H groups in total. The van der Waals surface area contributed by atoms with E-state index in [-0.39, 0.29) is 5.91 Å². The number of aryl methyl sites for hydroxylation is 2. The van der Waals surface area contributed by atoms with Crippen molar-refractivity contribution in [1.29, 1.82) is 0 Å². The largest absolute Gasteiger partial charge is 0.321 e. The van der Waals surface area contributed by atoms with Gasteiger partial charge in [-0.25, -0.2) is 4.98 Å². The van der Waals surface area contributed by atoms with E-state index < -0.39 is 5.76 Å². The van der Waals surface area contributed by atoms with Gasteiger partial charge in [0, 0.05) is 22.9 Å². The van der Waals surface area contributed by atoms with Crippen LogP contribution in [0.15, 0.2) is 41.4 Å². The van der Waals surface area contributed by atoms with Crippen LogP contribution in [0, 0.1) is 6.92 Å². The van der Waals surface area contributed by atoms with Crippen LogP contribution in [0.4, 0.5) is 14.5 Å². The molecule has 0 aliphatic rings. The van der Waals surface area contributed by atoms with E-state index in [0.29, 0.717) is 27.9 Å². The van der Waals surface area contributed by atoms with Crippen LogP contribution in [0.2, 0.25) is 0 Å². The van der Waals surface area contributed by atoms with Crippen LogP contribution in [0.1, 0.15) is 16.1 Å². The number of benzene rings is 1. The maximum Gasteiger partial charge on any atom is 0.288 e. The molecule has 1 aromatic carbocycles. The summed E-state index contributed by atoms with van der Waals surface area (Å²) in [7, 11) is 1.81. The predicted octanol–water partition coefficient (Wildman–Crippen LogP) is 3.84. The molecule has 0 bridgehead atoms. The molecule has 0 fully saturated rings. The van der Waals surface area contributed by atoms with Gasteiger partial charge < -0.3 is 5.32 Å². The maximum absolute atomic E-state index is 12.3. The Hall–Kier alpha value is -2.48. The lowest BCUT2D eigenvalue weighted by molar-refractivity contribution is 0.102. The summed E-state index contributed by atoms with van der Waals surface area (Å²) in [5.74, 6) is -2.81. The molecule has 2 aromatic heterocycles. The Labute approximate surface area is 141 Å². The van der Waals surface area contributed by atoms with Crippen molar-refractivity contribution in [3.8, 4) is 0 Å². The molecule has 0 atom stereocenters. The van der Waals surface area contributed by atoms with E-state index >= 15 is 0 Å². The molecule has 124 valence electrons. The summed E-state index contributed by atoms with van der Waals surface area (Å²) in [5.41, 5.74) is 2.50. The lowest BCUT2D eigenvalue weighted by Crippen LogP contribution is -2.12. The standard InChI is InChI=1S/C16H14F2N4OS/c1-9-13-7-11(8-19-14(13)22(2)21-9)20-15(23)10-3-5-12(6-4-10)24-16(17)18/h3-8,16H,1-2H3,(H,20,23). The quantitative estimate of drug-likeness (QED) is 0.728. The van der Waals surface area contributed by atoms with Gasteiger partial charge in [-0.1, -0.05) is 11.8 Å². The first-order valence-electron chi connectivity index (χ1n) is 7.09. The molecule has 0 saturated heterocycles. The molecular formula is C16H14F2N4OS. The number of rotatable bonds is 4. The summed E-state index contributed by atoms with van der Waals surface area (Å²) < 4.78 is 26.3. The summed E-state index contributed by atoms with van der Waals surface area (Å²) in [5, 5.41) is 7.89. The first-order chi connectivity index (χ1) is 11.4. The topological polar surface area (TPSA) is 59.8 Å². The molecule has 0 unspecified atom stereocenters. The van der Waals surface area contributed by atoms with Gasteiger partial charge in [-0.2, -0.15) is 13.9 Å². The lowest BCUT2D eigenvalue weighted by Gasteiger charge is -2.06. The summed E-state index contributed by atoms with van der Waals surface area (Å²) in [4.78, 5) is 17.0. The van der Waals surface area contributed by atoms with E-state index in [0.717, 1.165) is 16.7 Å². The Morgan fingerprint density at radius 1 is 1.29 bits per heavy atom. The van der Waals surface area contributed by atoms with Crippen molar-refractivity contribution in [2.75, 3.05) is 5.32 Å². The molecule has 8 heteroatoms. The van der Waals surface area contributed by atoms with Crippen LogP contribution < -0.4 is 5.32 Å². The Kier molecular flexibility index (Phi) is 4.48. The van der Waals surface area contributed by atoms with Crippen LogP contribution in [0.3, 0.4) is 0 Å². The number of thioether (sulfide) groups is 1. The number of carbonyl (C=O) groups excluding carboxylic acids is 1. The molecule has 24 heavy (non-hydrogen) atoms. The van der Waals surface area contributed by atoms with Crippen molar-refractivity contribution in [3.63, 3.8) is 0 Å². The minimum absolute atomic E-state index is 0.328. The van der Waals surface area contributed by atoms with Crippen molar-refractivity contribution in [1.82, 2.24) is 14.8 Å². The zero-order chi connectivity index (χ0) is 17.3. The highest BCUT2D eigenvalue weighted by molar-refractivity contribution is 7.99. The van der Waals surface area contributed by atoms with E-state index in [4.69, 9.17) is 0 Å². The van der Waals surface area contributed by atoms with Gasteiger partial charge in [0.2, 0.25) is 0 Å². The van der Waals surface area contributed by atoms with Gasteiger partial charge in [-0.3, -0.25) is 9.48 Å². The summed E-state index contributed by atoms with van der Waals surface area (Å²) >= 11 is 0.444. The number of hydrogen-bond acceptors (Lipinski definition) is 4. The number of nitrogens with one attached hydrogen (secondary N) is 1. The number of nitrogens with zero attached hydrogens (tertiary/aromatic N) is 3. The highest BCUT2D eigenvalue weighted by Crippen LogP contribution is 2.25. The van der Waals surface area contributed by atoms with Crippen molar-refractivity contribution in [3.05, 3.63) is 47.8 Å². The summed E-state index contributed by atoms with van der Waals surface area (Å²) in [6, 6.07) is 7.84. The highest BCUT2D eigenvalue weighted by Gasteiger charge is 2.11. The third-order valence-corrected chi connectivity index (χ3v) is 4.19. The van der Waals surface area contributed by atoms with E-state index in [1.807, 2.05) is 13.0 Å². The number of anilines is 1. The third kappa shape index (κ3) is 3.38. The highest BCUT2D eigenvalue weighted by atomic mass is 32.2. The van der Waals surface area contributed by atoms with Gasteiger partial charge in [0.25, 0.3) is 11.7 Å². The van der Waals surface area contributed by atoms with E-state index in [9.17, 15) is 13.6 Å². The number of aromatic nitrogens is 3. The summed E-state index contributed by atoms with van der Waals surface area (Å²) in [6.07, 6.45) is 1.56. The van der Waals surface area contributed by atoms with Gasteiger partial charge >= 0.3 is 0 Å². The van der Waals surface area contributed by atoms with Gasteiger partial charge in [-0.15, -0.1) is 0 Å². The van der Waals surface area contributed by atoms with Crippen LogP contribution in [-0.2, 0) is 7.05 Å². The summed E-state index contributed by atoms with van der Waals surface area (Å²) in [6.45, 7) is 1.87. The first kappa shape index (κ1) is 16.4. The van der Waals surface area contributed by atoms with Crippen LogP contribution >= 0.6 is 11.8 Å². The molecule has 0 saturated carbocycles. The van der Waals surface area contributed by atoms with Gasteiger partial charge in [0.05, 0.1) is 17.6 Å². The number of hydrogen-bond donors (Lipinski definition) is 1. The Morgan fingerprint density at radius 2 is 2.00 bits per heavy atom. The normalized spacial score (nSPS) is 11.2. The molecule has 2 heterocycles. The van der Waals surface area contributed by atoms with Crippen molar-refractivity contribution in [2.45, 2.75) is 17.6 Å². The molecule has 3 aromatic rings. The second-order valence-electron chi connectivity index (χ2n) is 5.16. The molecule has 3 rings (SSSR count). The number of alkyl halides is 2. The second-order valence-corrected chi connectivity index (χ2v) is 6.22. The molecular weight excluding hydrogens is 334 g/mol. The first-order valence-corrected chi connectivity index (χ1v) is 7.97. The molecule has 0 aliphatic carbocycles. The van der Waals surface area contributed by atoms with Crippen molar-refractivity contribution >= 4 is 34.4 Å². The fourth-order valence-corrected chi connectivity index (χ4v) is 2.87. The smallest absolute Gasteiger partial charge is 0.288 e. The number of carbonyl (C=O) groups is 1. The Bertz CT molecular complexity index is 893. The van der Waals surface area contributed by atoms with Gasteiger partial charge in [-0.05, 0) is 37.3 Å². The number of amides is 1. The number of fused-ring (bicyclic) bond motifs is 1. The van der Waals surface area contributed by atoms with Crippen LogP contribution in [0.25, 0.3) is 11.0 Å². The maximum atomic E-state index is 12.3. The molecule has 1 amide bonds. The lowest BCUT2D eigenvalue weighted by atomic mass is 10.2.